The van der Waals surface area contributed by atoms with E-state index in [0.717, 1.165) is 99.7 Å². The van der Waals surface area contributed by atoms with Crippen LogP contribution in [-0.4, -0.2) is 61.9 Å². The highest BCUT2D eigenvalue weighted by atomic mass is 35.5. The summed E-state index contributed by atoms with van der Waals surface area (Å²) in [6, 6.07) is 51.7. The Morgan fingerprint density at radius 1 is 0.718 bits per heavy atom. The maximum Gasteiger partial charge on any atom is 0.232 e. The molecule has 0 spiro atoms. The van der Waals surface area contributed by atoms with E-state index in [1.54, 1.807) is 12.3 Å². The van der Waals surface area contributed by atoms with Gasteiger partial charge in [0, 0.05) is 56.2 Å². The smallest absolute Gasteiger partial charge is 0.232 e. The number of halogens is 1. The quantitative estimate of drug-likeness (QED) is 0.0562. The molecular formula is C59H58ClN7O4. The molecule has 0 aliphatic carbocycles. The lowest BCUT2D eigenvalue weighted by Gasteiger charge is -2.38. The number of aliphatic hydroxyl groups excluding tert-OH is 1. The van der Waals surface area contributed by atoms with Gasteiger partial charge in [0.15, 0.2) is 0 Å². The molecule has 0 radical (unpaired) electrons. The summed E-state index contributed by atoms with van der Waals surface area (Å²) in [5, 5.41) is 23.2. The second kappa shape index (κ2) is 22.6. The van der Waals surface area contributed by atoms with E-state index in [-0.39, 0.29) is 25.1 Å². The predicted octanol–water partition coefficient (Wildman–Crippen LogP) is 10.9. The Balaban J connectivity index is 0.978. The van der Waals surface area contributed by atoms with Gasteiger partial charge in [0.25, 0.3) is 0 Å². The van der Waals surface area contributed by atoms with Crippen molar-refractivity contribution in [2.45, 2.75) is 71.6 Å². The zero-order chi connectivity index (χ0) is 49.2. The third-order valence-electron chi connectivity index (χ3n) is 13.5. The number of ether oxygens (including phenoxy) is 3. The Morgan fingerprint density at radius 3 is 2.04 bits per heavy atom. The Bertz CT molecular complexity index is 3010. The fraction of sp³-hybridized carbons (Fsp3) is 0.254. The van der Waals surface area contributed by atoms with Crippen LogP contribution >= 0.6 is 11.6 Å². The van der Waals surface area contributed by atoms with Crippen molar-refractivity contribution in [3.63, 3.8) is 0 Å². The first kappa shape index (κ1) is 48.7. The first-order chi connectivity index (χ1) is 34.7. The topological polar surface area (TPSA) is 131 Å². The molecule has 0 saturated carbocycles. The second-order valence-electron chi connectivity index (χ2n) is 18.0. The maximum absolute atomic E-state index is 9.90. The molecule has 0 amide bonds. The zero-order valence-corrected chi connectivity index (χ0v) is 41.1. The van der Waals surface area contributed by atoms with E-state index in [1.807, 2.05) is 54.9 Å². The lowest BCUT2D eigenvalue weighted by molar-refractivity contribution is 0.173. The molecule has 0 unspecified atom stereocenters. The largest absolute Gasteiger partial charge is 0.493 e. The molecule has 6 aromatic carbocycles. The summed E-state index contributed by atoms with van der Waals surface area (Å²) in [5.41, 5.74) is 11.2. The highest BCUT2D eigenvalue weighted by Gasteiger charge is 2.39. The van der Waals surface area contributed by atoms with Gasteiger partial charge in [0.05, 0.1) is 35.4 Å². The Labute approximate surface area is 421 Å². The number of hydrogen-bond acceptors (Lipinski definition) is 10. The van der Waals surface area contributed by atoms with Crippen molar-refractivity contribution < 1.29 is 19.3 Å². The summed E-state index contributed by atoms with van der Waals surface area (Å²) in [5.74, 6) is 2.05. The molecule has 12 heteroatoms. The lowest BCUT2D eigenvalue weighted by Crippen LogP contribution is -2.38. The number of rotatable bonds is 20. The molecule has 0 bridgehead atoms. The molecule has 1 aliphatic rings. The van der Waals surface area contributed by atoms with Gasteiger partial charge in [-0.25, -0.2) is 15.0 Å². The predicted molar refractivity (Wildman–Crippen MR) is 278 cm³/mol. The summed E-state index contributed by atoms with van der Waals surface area (Å²) in [7, 11) is 0. The molecule has 360 valence electrons. The van der Waals surface area contributed by atoms with Crippen molar-refractivity contribution in [3.8, 4) is 34.4 Å². The zero-order valence-electron chi connectivity index (χ0n) is 40.4. The minimum Gasteiger partial charge on any atom is -0.493 e. The minimum atomic E-state index is -0.730. The Kier molecular flexibility index (Phi) is 15.5. The van der Waals surface area contributed by atoms with Crippen LogP contribution in [0.3, 0.4) is 0 Å². The van der Waals surface area contributed by atoms with Crippen LogP contribution in [0.15, 0.2) is 158 Å². The fourth-order valence-electron chi connectivity index (χ4n) is 9.70. The van der Waals surface area contributed by atoms with E-state index in [9.17, 15) is 10.4 Å². The highest BCUT2D eigenvalue weighted by molar-refractivity contribution is 6.32. The molecule has 3 heterocycles. The van der Waals surface area contributed by atoms with Crippen molar-refractivity contribution in [1.82, 2.24) is 29.7 Å². The van der Waals surface area contributed by atoms with Crippen molar-refractivity contribution in [3.05, 3.63) is 225 Å². The van der Waals surface area contributed by atoms with Crippen LogP contribution in [0.2, 0.25) is 5.02 Å². The average Bonchev–Trinajstić information content (AvgIpc) is 4.00. The van der Waals surface area contributed by atoms with Gasteiger partial charge in [-0.15, -0.1) is 0 Å². The number of hydrogen-bond donors (Lipinski definition) is 2. The molecule has 9 rings (SSSR count). The van der Waals surface area contributed by atoms with E-state index >= 15 is 0 Å². The Morgan fingerprint density at radius 2 is 1.38 bits per heavy atom. The fourth-order valence-corrected chi connectivity index (χ4v) is 9.94. The molecule has 1 fully saturated rings. The molecule has 71 heavy (non-hydrogen) atoms. The van der Waals surface area contributed by atoms with Crippen LogP contribution < -0.4 is 19.5 Å². The van der Waals surface area contributed by atoms with Crippen molar-refractivity contribution in [2.24, 2.45) is 0 Å². The van der Waals surface area contributed by atoms with Gasteiger partial charge in [-0.2, -0.15) is 5.26 Å². The van der Waals surface area contributed by atoms with Crippen molar-refractivity contribution >= 4 is 11.6 Å². The summed E-state index contributed by atoms with van der Waals surface area (Å²) >= 11 is 7.07. The van der Waals surface area contributed by atoms with Crippen LogP contribution in [0.1, 0.15) is 74.7 Å². The van der Waals surface area contributed by atoms with Gasteiger partial charge in [0.1, 0.15) is 42.1 Å². The van der Waals surface area contributed by atoms with E-state index in [4.69, 9.17) is 30.8 Å². The maximum atomic E-state index is 9.90. The number of nitriles is 1. The second-order valence-corrected chi connectivity index (χ2v) is 18.4. The van der Waals surface area contributed by atoms with Crippen LogP contribution in [0.25, 0.3) is 11.1 Å². The van der Waals surface area contributed by atoms with E-state index in [0.29, 0.717) is 41.9 Å². The monoisotopic (exact) mass is 963 g/mol. The first-order valence-corrected chi connectivity index (χ1v) is 24.5. The van der Waals surface area contributed by atoms with Crippen LogP contribution in [0.4, 0.5) is 0 Å². The molecule has 2 aromatic heterocycles. The van der Waals surface area contributed by atoms with E-state index in [2.05, 4.69) is 143 Å². The van der Waals surface area contributed by atoms with Crippen LogP contribution in [-0.2, 0) is 31.8 Å². The molecule has 1 saturated heterocycles. The molecule has 11 nitrogen and oxygen atoms in total. The summed E-state index contributed by atoms with van der Waals surface area (Å²) in [6.45, 7) is 10.7. The summed E-state index contributed by atoms with van der Waals surface area (Å²) < 4.78 is 21.9. The number of likely N-dealkylation sites (tertiary alicyclic amines) is 1. The molecule has 1 aliphatic heterocycles. The van der Waals surface area contributed by atoms with Crippen molar-refractivity contribution in [2.75, 3.05) is 26.2 Å². The standard InChI is InChI=1S/C59H58ClN7O4/c1-41-44(16-13-23-51(41)52-24-14-25-55(42(52)2)69-31-15-29-66-30-27-50(68)37-66)38-70-57-33-56(45(32-53(57)60)35-62-36-49-26-28-63-58(34-61)65-49)71-39-54-43(3)67(40-64-54)59(46-17-7-4-8-18-46,47-19-9-5-10-20-47)48-21-11-6-12-22-48/h4-14,16-26,28,32-33,40,50,62,68H,15,27,29-31,35-39H2,1-3H3/t50-/m1/s1. The molecule has 2 N–H and O–H groups in total. The lowest BCUT2D eigenvalue weighted by atomic mass is 9.76. The number of aliphatic hydroxyl groups is 1. The Hall–Kier alpha value is -7.33. The summed E-state index contributed by atoms with van der Waals surface area (Å²) in [4.78, 5) is 15.7. The van der Waals surface area contributed by atoms with E-state index in [1.165, 1.54) is 0 Å². The number of imidazole rings is 1. The van der Waals surface area contributed by atoms with Crippen LogP contribution in [0.5, 0.6) is 17.2 Å². The van der Waals surface area contributed by atoms with E-state index < -0.39 is 5.54 Å². The number of benzene rings is 6. The number of nitrogens with one attached hydrogen (secondary N) is 1. The van der Waals surface area contributed by atoms with Gasteiger partial charge < -0.3 is 34.1 Å². The van der Waals surface area contributed by atoms with Crippen LogP contribution in [0, 0.1) is 32.1 Å². The molecule has 1 atom stereocenters. The number of aromatic nitrogens is 4. The van der Waals surface area contributed by atoms with Gasteiger partial charge in [-0.05, 0) is 96.3 Å². The summed E-state index contributed by atoms with van der Waals surface area (Å²) in [6.07, 6.45) is 5.02. The SMILES string of the molecule is Cc1c(COc2cc(OCc3ncn(C(c4ccccc4)(c4ccccc4)c4ccccc4)c3C)c(CNCc3ccnc(C#N)n3)cc2Cl)cccc1-c1cccc(OCCCN2CC[C@@H](O)C2)c1C. The van der Waals surface area contributed by atoms with Gasteiger partial charge in [-0.3, -0.25) is 0 Å². The third-order valence-corrected chi connectivity index (χ3v) is 13.8. The van der Waals surface area contributed by atoms with Gasteiger partial charge in [-0.1, -0.05) is 133 Å². The number of β-amino-alcohol motifs (C(OH)–C–C–N with tert-alkyl or cyclic N) is 1. The normalized spacial score (nSPS) is 13.8. The third kappa shape index (κ3) is 10.9. The van der Waals surface area contributed by atoms with Crippen molar-refractivity contribution in [1.29, 1.82) is 5.26 Å². The first-order valence-electron chi connectivity index (χ1n) is 24.1. The van der Waals surface area contributed by atoms with Gasteiger partial charge in [0.2, 0.25) is 5.82 Å². The highest BCUT2D eigenvalue weighted by Crippen LogP contribution is 2.42. The van der Waals surface area contributed by atoms with Gasteiger partial charge >= 0.3 is 0 Å². The average molecular weight is 965 g/mol. The molecular weight excluding hydrogens is 906 g/mol. The minimum absolute atomic E-state index is 0.115. The molecule has 8 aromatic rings. The number of nitrogens with zero attached hydrogens (tertiary/aromatic N) is 6.